The van der Waals surface area contributed by atoms with Crippen molar-refractivity contribution in [3.8, 4) is 11.5 Å². The van der Waals surface area contributed by atoms with Crippen LogP contribution >= 0.6 is 15.9 Å². The molecule has 2 aromatic rings. The first-order valence-corrected chi connectivity index (χ1v) is 7.92. The van der Waals surface area contributed by atoms with Gasteiger partial charge in [-0.15, -0.1) is 0 Å². The lowest BCUT2D eigenvalue weighted by molar-refractivity contribution is 0.0935. The monoisotopic (exact) mass is 361 g/mol. The summed E-state index contributed by atoms with van der Waals surface area (Å²) in [4.78, 5) is 12.4. The lowest BCUT2D eigenvalue weighted by atomic mass is 10.0. The summed E-state index contributed by atoms with van der Waals surface area (Å²) in [6.07, 6.45) is 0.817. The minimum Gasteiger partial charge on any atom is -0.454 e. The van der Waals surface area contributed by atoms with Gasteiger partial charge in [0.2, 0.25) is 6.79 Å². The molecule has 0 radical (unpaired) electrons. The van der Waals surface area contributed by atoms with Gasteiger partial charge in [-0.05, 0) is 42.3 Å². The zero-order chi connectivity index (χ0) is 15.5. The minimum absolute atomic E-state index is 0.0222. The molecule has 1 unspecified atom stereocenters. The molecule has 3 rings (SSSR count). The van der Waals surface area contributed by atoms with E-state index in [-0.39, 0.29) is 18.7 Å². The highest BCUT2D eigenvalue weighted by molar-refractivity contribution is 9.10. The summed E-state index contributed by atoms with van der Waals surface area (Å²) < 4.78 is 11.6. The maximum Gasteiger partial charge on any atom is 0.251 e. The van der Waals surface area contributed by atoms with E-state index >= 15 is 0 Å². The van der Waals surface area contributed by atoms with Gasteiger partial charge < -0.3 is 14.8 Å². The average Bonchev–Trinajstić information content (AvgIpc) is 3.01. The van der Waals surface area contributed by atoms with Gasteiger partial charge in [-0.3, -0.25) is 4.79 Å². The number of fused-ring (bicyclic) bond motifs is 1. The summed E-state index contributed by atoms with van der Waals surface area (Å²) in [6, 6.07) is 13.2. The molecule has 0 aliphatic carbocycles. The Kier molecular flexibility index (Phi) is 4.34. The molecular formula is C17H16BrNO3. The standard InChI is InChI=1S/C17H16BrNO3/c1-2-14(11-3-6-13(18)7-4-11)19-17(20)12-5-8-15-16(9-12)22-10-21-15/h3-9,14H,2,10H2,1H3,(H,19,20). The number of hydrogen-bond donors (Lipinski definition) is 1. The molecule has 1 amide bonds. The first-order valence-electron chi connectivity index (χ1n) is 7.13. The molecular weight excluding hydrogens is 346 g/mol. The van der Waals surface area contributed by atoms with Crippen molar-refractivity contribution in [1.82, 2.24) is 5.32 Å². The molecule has 1 atom stereocenters. The van der Waals surface area contributed by atoms with Crippen LogP contribution in [0.25, 0.3) is 0 Å². The molecule has 114 valence electrons. The Bertz CT molecular complexity index is 685. The van der Waals surface area contributed by atoms with Crippen LogP contribution in [0.4, 0.5) is 0 Å². The molecule has 0 bridgehead atoms. The van der Waals surface area contributed by atoms with Gasteiger partial charge in [0.05, 0.1) is 6.04 Å². The van der Waals surface area contributed by atoms with E-state index in [0.717, 1.165) is 16.5 Å². The number of nitrogens with one attached hydrogen (secondary N) is 1. The number of rotatable bonds is 4. The highest BCUT2D eigenvalue weighted by atomic mass is 79.9. The molecule has 5 heteroatoms. The van der Waals surface area contributed by atoms with Gasteiger partial charge in [-0.25, -0.2) is 0 Å². The van der Waals surface area contributed by atoms with E-state index in [0.29, 0.717) is 17.1 Å². The number of carbonyl (C=O) groups excluding carboxylic acids is 1. The van der Waals surface area contributed by atoms with Crippen molar-refractivity contribution in [1.29, 1.82) is 0 Å². The van der Waals surface area contributed by atoms with E-state index in [1.165, 1.54) is 0 Å². The number of benzene rings is 2. The van der Waals surface area contributed by atoms with Crippen LogP contribution in [0.15, 0.2) is 46.9 Å². The van der Waals surface area contributed by atoms with Crippen LogP contribution in [0, 0.1) is 0 Å². The Balaban J connectivity index is 1.76. The minimum atomic E-state index is -0.118. The topological polar surface area (TPSA) is 47.6 Å². The Morgan fingerprint density at radius 2 is 1.91 bits per heavy atom. The van der Waals surface area contributed by atoms with Crippen molar-refractivity contribution in [2.24, 2.45) is 0 Å². The number of hydrogen-bond acceptors (Lipinski definition) is 3. The van der Waals surface area contributed by atoms with E-state index in [1.54, 1.807) is 18.2 Å². The molecule has 1 aliphatic rings. The lowest BCUT2D eigenvalue weighted by Gasteiger charge is -2.17. The third-order valence-corrected chi connectivity index (χ3v) is 4.15. The molecule has 0 fully saturated rings. The second-order valence-electron chi connectivity index (χ2n) is 5.05. The zero-order valence-electron chi connectivity index (χ0n) is 12.1. The fourth-order valence-electron chi connectivity index (χ4n) is 2.40. The predicted octanol–water partition coefficient (Wildman–Crippen LogP) is 4.06. The van der Waals surface area contributed by atoms with Crippen LogP contribution in [0.5, 0.6) is 11.5 Å². The number of carbonyl (C=O) groups is 1. The molecule has 1 heterocycles. The Morgan fingerprint density at radius 1 is 1.18 bits per heavy atom. The summed E-state index contributed by atoms with van der Waals surface area (Å²) >= 11 is 3.42. The maximum atomic E-state index is 12.4. The highest BCUT2D eigenvalue weighted by Gasteiger charge is 2.18. The number of halogens is 1. The summed E-state index contributed by atoms with van der Waals surface area (Å²) in [5, 5.41) is 3.06. The van der Waals surface area contributed by atoms with Crippen molar-refractivity contribution in [3.63, 3.8) is 0 Å². The van der Waals surface area contributed by atoms with E-state index < -0.39 is 0 Å². The van der Waals surface area contributed by atoms with Gasteiger partial charge in [0, 0.05) is 10.0 Å². The van der Waals surface area contributed by atoms with Crippen molar-refractivity contribution >= 4 is 21.8 Å². The average molecular weight is 362 g/mol. The van der Waals surface area contributed by atoms with E-state index in [4.69, 9.17) is 9.47 Å². The Hall–Kier alpha value is -2.01. The van der Waals surface area contributed by atoms with Crippen molar-refractivity contribution in [2.45, 2.75) is 19.4 Å². The smallest absolute Gasteiger partial charge is 0.251 e. The van der Waals surface area contributed by atoms with E-state index in [2.05, 4.69) is 21.2 Å². The second kappa shape index (κ2) is 6.40. The van der Waals surface area contributed by atoms with Crippen LogP contribution in [-0.4, -0.2) is 12.7 Å². The van der Waals surface area contributed by atoms with Gasteiger partial charge in [0.25, 0.3) is 5.91 Å². The van der Waals surface area contributed by atoms with Crippen molar-refractivity contribution in [3.05, 3.63) is 58.1 Å². The Labute approximate surface area is 137 Å². The molecule has 0 spiro atoms. The quantitative estimate of drug-likeness (QED) is 0.892. The third kappa shape index (κ3) is 3.09. The fraction of sp³-hybridized carbons (Fsp3) is 0.235. The zero-order valence-corrected chi connectivity index (χ0v) is 13.7. The van der Waals surface area contributed by atoms with E-state index in [1.807, 2.05) is 31.2 Å². The highest BCUT2D eigenvalue weighted by Crippen LogP contribution is 2.32. The van der Waals surface area contributed by atoms with Gasteiger partial charge in [-0.2, -0.15) is 0 Å². The molecule has 1 aliphatic heterocycles. The number of amides is 1. The van der Waals surface area contributed by atoms with Gasteiger partial charge in [0.15, 0.2) is 11.5 Å². The second-order valence-corrected chi connectivity index (χ2v) is 5.97. The molecule has 1 N–H and O–H groups in total. The van der Waals surface area contributed by atoms with Crippen LogP contribution in [0.2, 0.25) is 0 Å². The molecule has 0 saturated carbocycles. The van der Waals surface area contributed by atoms with Crippen LogP contribution in [0.3, 0.4) is 0 Å². The molecule has 22 heavy (non-hydrogen) atoms. The van der Waals surface area contributed by atoms with Gasteiger partial charge in [-0.1, -0.05) is 35.0 Å². The first-order chi connectivity index (χ1) is 10.7. The molecule has 4 nitrogen and oxygen atoms in total. The largest absolute Gasteiger partial charge is 0.454 e. The summed E-state index contributed by atoms with van der Waals surface area (Å²) in [5.41, 5.74) is 1.65. The van der Waals surface area contributed by atoms with Crippen LogP contribution < -0.4 is 14.8 Å². The van der Waals surface area contributed by atoms with Crippen molar-refractivity contribution < 1.29 is 14.3 Å². The summed E-state index contributed by atoms with van der Waals surface area (Å²) in [7, 11) is 0. The molecule has 0 aromatic heterocycles. The summed E-state index contributed by atoms with van der Waals surface area (Å²) in [5.74, 6) is 1.17. The van der Waals surface area contributed by atoms with Crippen LogP contribution in [-0.2, 0) is 0 Å². The SMILES string of the molecule is CCC(NC(=O)c1ccc2c(c1)OCO2)c1ccc(Br)cc1. The third-order valence-electron chi connectivity index (χ3n) is 3.62. The lowest BCUT2D eigenvalue weighted by Crippen LogP contribution is -2.28. The molecule has 0 saturated heterocycles. The maximum absolute atomic E-state index is 12.4. The van der Waals surface area contributed by atoms with Gasteiger partial charge >= 0.3 is 0 Å². The first kappa shape index (κ1) is 14.9. The normalized spacial score (nSPS) is 13.7. The summed E-state index contributed by atoms with van der Waals surface area (Å²) in [6.45, 7) is 2.25. The van der Waals surface area contributed by atoms with E-state index in [9.17, 15) is 4.79 Å². The van der Waals surface area contributed by atoms with Gasteiger partial charge in [0.1, 0.15) is 0 Å². The molecule has 2 aromatic carbocycles. The van der Waals surface area contributed by atoms with Crippen molar-refractivity contribution in [2.75, 3.05) is 6.79 Å². The Morgan fingerprint density at radius 3 is 2.64 bits per heavy atom. The number of ether oxygens (including phenoxy) is 2. The predicted molar refractivity (Wildman–Crippen MR) is 87.2 cm³/mol. The van der Waals surface area contributed by atoms with Crippen LogP contribution in [0.1, 0.15) is 35.3 Å². The fourth-order valence-corrected chi connectivity index (χ4v) is 2.66.